The minimum atomic E-state index is -5.21. The number of carbonyl (C=O) groups is 11. The van der Waals surface area contributed by atoms with E-state index in [1.54, 1.807) is 108 Å². The number of carbonyl (C=O) groups excluding carboxylic acids is 11. The second-order valence-corrected chi connectivity index (χ2v) is 24.7. The summed E-state index contributed by atoms with van der Waals surface area (Å²) in [6.45, 7) is 13.5. The third-order valence-corrected chi connectivity index (χ3v) is 15.8. The molecular formula is C62H91F3N12O11. The Hall–Kier alpha value is -7.64. The molecule has 3 saturated heterocycles. The van der Waals surface area contributed by atoms with Gasteiger partial charge in [0.05, 0.1) is 0 Å². The van der Waals surface area contributed by atoms with Gasteiger partial charge in [0.15, 0.2) is 0 Å². The summed E-state index contributed by atoms with van der Waals surface area (Å²) in [4.78, 5) is 161. The average molecular weight is 1240 g/mol. The predicted octanol–water partition coefficient (Wildman–Crippen LogP) is 1.95. The molecule has 23 nitrogen and oxygen atoms in total. The highest BCUT2D eigenvalue weighted by Gasteiger charge is 2.44. The molecule has 5 rings (SSSR count). The summed E-state index contributed by atoms with van der Waals surface area (Å²) in [5, 5.41) is 23.9. The minimum Gasteiger partial charge on any atom is -0.348 e. The molecule has 3 fully saturated rings. The van der Waals surface area contributed by atoms with Crippen molar-refractivity contribution in [3.63, 3.8) is 0 Å². The molecule has 486 valence electrons. The molecule has 10 atom stereocenters. The number of nitrogens with two attached hydrogens (primary N) is 1. The van der Waals surface area contributed by atoms with Gasteiger partial charge in [-0.1, -0.05) is 116 Å². The van der Waals surface area contributed by atoms with Crippen LogP contribution < -0.4 is 53.6 Å². The van der Waals surface area contributed by atoms with E-state index in [9.17, 15) is 65.9 Å². The quantitative estimate of drug-likeness (QED) is 0.102. The molecule has 11 N–H and O–H groups in total. The van der Waals surface area contributed by atoms with Gasteiger partial charge in [-0.3, -0.25) is 52.7 Å². The van der Waals surface area contributed by atoms with Crippen molar-refractivity contribution in [1.29, 1.82) is 0 Å². The van der Waals surface area contributed by atoms with Gasteiger partial charge in [-0.25, -0.2) is 0 Å². The van der Waals surface area contributed by atoms with Gasteiger partial charge in [-0.05, 0) is 106 Å². The zero-order chi connectivity index (χ0) is 65.0. The Morgan fingerprint density at radius 3 is 1.20 bits per heavy atom. The van der Waals surface area contributed by atoms with Crippen LogP contribution in [0.3, 0.4) is 0 Å². The van der Waals surface area contributed by atoms with Gasteiger partial charge >= 0.3 is 12.1 Å². The molecule has 88 heavy (non-hydrogen) atoms. The Morgan fingerprint density at radius 2 is 0.852 bits per heavy atom. The predicted molar refractivity (Wildman–Crippen MR) is 320 cm³/mol. The normalized spacial score (nSPS) is 25.7. The molecule has 0 saturated carbocycles. The van der Waals surface area contributed by atoms with Crippen LogP contribution in [0.5, 0.6) is 0 Å². The molecule has 2 aromatic rings. The van der Waals surface area contributed by atoms with Crippen molar-refractivity contribution >= 4 is 65.0 Å². The average Bonchev–Trinajstić information content (AvgIpc) is 2.09. The highest BCUT2D eigenvalue weighted by Crippen LogP contribution is 2.24. The Balaban J connectivity index is 1.60. The molecule has 0 bridgehead atoms. The lowest BCUT2D eigenvalue weighted by Gasteiger charge is -2.33. The van der Waals surface area contributed by atoms with Crippen LogP contribution in [0.1, 0.15) is 131 Å². The topological polar surface area (TPSA) is 329 Å². The molecule has 0 spiro atoms. The van der Waals surface area contributed by atoms with Crippen molar-refractivity contribution < 1.29 is 65.9 Å². The van der Waals surface area contributed by atoms with Crippen LogP contribution in [0.25, 0.3) is 0 Å². The summed E-state index contributed by atoms with van der Waals surface area (Å²) in [6.07, 6.45) is -4.62. The number of fused-ring (bicyclic) bond motifs is 2. The maximum atomic E-state index is 15.0. The van der Waals surface area contributed by atoms with Crippen LogP contribution in [0.15, 0.2) is 60.7 Å². The zero-order valence-electron chi connectivity index (χ0n) is 51.8. The van der Waals surface area contributed by atoms with Gasteiger partial charge in [0.25, 0.3) is 0 Å². The fourth-order valence-electron chi connectivity index (χ4n) is 11.2. The van der Waals surface area contributed by atoms with Crippen LogP contribution in [0.4, 0.5) is 13.2 Å². The molecule has 3 aliphatic heterocycles. The minimum absolute atomic E-state index is 0.0238. The van der Waals surface area contributed by atoms with E-state index in [1.165, 1.54) is 9.80 Å². The SMILES string of the molecule is CC(C)C[C@@H]1NC(=O)[C@H](CCCN)NC(=O)[C@H](C(C)C)NC(=O)[C@@H]2CCCN2C(=O)[C@@H](Cc2ccccc2)NC(=O)[C@H](CC(C)C)NC(=O)[C@H](CCCNC(=O)C(F)(F)F)NC(=O)[C@H](C(C)C)NC(=O)[C@@H]2CCCN2C(=O)[C@@H](Cc2ccccc2)NC1=O. The van der Waals surface area contributed by atoms with Gasteiger partial charge in [0.2, 0.25) is 59.1 Å². The van der Waals surface area contributed by atoms with Crippen molar-refractivity contribution in [2.45, 2.75) is 199 Å². The first-order chi connectivity index (χ1) is 41.6. The summed E-state index contributed by atoms with van der Waals surface area (Å²) >= 11 is 0. The number of alkyl halides is 3. The number of hydrogen-bond donors (Lipinski definition) is 10. The first-order valence-corrected chi connectivity index (χ1v) is 30.8. The molecular weight excluding hydrogens is 1150 g/mol. The van der Waals surface area contributed by atoms with Gasteiger partial charge in [-0.15, -0.1) is 0 Å². The largest absolute Gasteiger partial charge is 0.471 e. The van der Waals surface area contributed by atoms with Crippen LogP contribution in [0.2, 0.25) is 0 Å². The highest BCUT2D eigenvalue weighted by atomic mass is 19.4. The van der Waals surface area contributed by atoms with Crippen LogP contribution in [-0.4, -0.2) is 168 Å². The number of benzene rings is 2. The lowest BCUT2D eigenvalue weighted by atomic mass is 9.98. The standard InChI is InChI=1S/C62H91F3N12O11/c1-35(2)31-43-53(80)72-45(33-39-19-11-9-12-20-39)59(86)77-30-18-26-48(77)56(83)75-50(38(7)8)58(85)69-42(24-16-28-67-61(88)62(63,64)65)52(79)71-44(32-36(3)4)54(81)73-46(34-40-21-13-10-14-22-40)60(87)76-29-17-25-47(76)55(82)74-49(37(5)6)57(84)68-41(23-15-27-66)51(78)70-43/h9-14,19-22,35-38,41-50H,15-18,23-34,66H2,1-8H3,(H,67,88)(H,68,84)(H,69,85)(H,70,78)(H,71,79)(H,72,80)(H,73,81)(H,74,82)(H,75,83)/t41-,42-,43-,44-,45+,46+,47-,48-,49-,50-/m0/s1. The van der Waals surface area contributed by atoms with E-state index in [4.69, 9.17) is 5.73 Å². The number of rotatable bonds is 17. The second-order valence-electron chi connectivity index (χ2n) is 24.7. The zero-order valence-corrected chi connectivity index (χ0v) is 51.8. The fourth-order valence-corrected chi connectivity index (χ4v) is 11.2. The number of hydrogen-bond acceptors (Lipinski definition) is 12. The molecule has 0 radical (unpaired) electrons. The van der Waals surface area contributed by atoms with Gasteiger partial charge in [-0.2, -0.15) is 13.2 Å². The smallest absolute Gasteiger partial charge is 0.348 e. The van der Waals surface area contributed by atoms with Crippen LogP contribution >= 0.6 is 0 Å². The van der Waals surface area contributed by atoms with Crippen molar-refractivity contribution in [2.24, 2.45) is 29.4 Å². The molecule has 0 aliphatic carbocycles. The van der Waals surface area contributed by atoms with Gasteiger partial charge < -0.3 is 63.4 Å². The van der Waals surface area contributed by atoms with Crippen molar-refractivity contribution in [2.75, 3.05) is 26.2 Å². The van der Waals surface area contributed by atoms with E-state index in [0.717, 1.165) is 0 Å². The molecule has 2 aromatic carbocycles. The molecule has 3 aliphatic rings. The Bertz CT molecular complexity index is 2740. The number of nitrogens with one attached hydrogen (secondary N) is 9. The van der Waals surface area contributed by atoms with Crippen molar-refractivity contribution in [3.05, 3.63) is 71.8 Å². The summed E-state index contributed by atoms with van der Waals surface area (Å²) in [5.74, 6) is -11.6. The Morgan fingerprint density at radius 1 is 0.500 bits per heavy atom. The molecule has 0 unspecified atom stereocenters. The summed E-state index contributed by atoms with van der Waals surface area (Å²) in [5.41, 5.74) is 7.18. The third-order valence-electron chi connectivity index (χ3n) is 15.8. The number of nitrogens with zero attached hydrogens (tertiary/aromatic N) is 2. The highest BCUT2D eigenvalue weighted by molar-refractivity contribution is 6.00. The van der Waals surface area contributed by atoms with Gasteiger partial charge in [0.1, 0.15) is 60.4 Å². The van der Waals surface area contributed by atoms with E-state index < -0.39 is 150 Å². The lowest BCUT2D eigenvalue weighted by molar-refractivity contribution is -0.173. The monoisotopic (exact) mass is 1240 g/mol. The van der Waals surface area contributed by atoms with Crippen LogP contribution in [0, 0.1) is 23.7 Å². The molecule has 11 amide bonds. The maximum Gasteiger partial charge on any atom is 0.471 e. The van der Waals surface area contributed by atoms with Crippen molar-refractivity contribution in [3.8, 4) is 0 Å². The number of halogens is 3. The first kappa shape index (κ1) is 71.1. The van der Waals surface area contributed by atoms with Gasteiger partial charge in [0, 0.05) is 32.5 Å². The molecule has 26 heteroatoms. The molecule has 0 aromatic heterocycles. The van der Waals surface area contributed by atoms with E-state index in [1.807, 2.05) is 13.8 Å². The van der Waals surface area contributed by atoms with E-state index in [0.29, 0.717) is 24.0 Å². The number of amides is 11. The Labute approximate surface area is 513 Å². The van der Waals surface area contributed by atoms with Crippen LogP contribution in [-0.2, 0) is 65.6 Å². The van der Waals surface area contributed by atoms with E-state index in [2.05, 4.69) is 42.5 Å². The summed E-state index contributed by atoms with van der Waals surface area (Å²) < 4.78 is 39.7. The third kappa shape index (κ3) is 21.0. The fraction of sp³-hybridized carbons (Fsp3) is 0.629. The lowest BCUT2D eigenvalue weighted by Crippen LogP contribution is -2.62. The molecule has 3 heterocycles. The van der Waals surface area contributed by atoms with E-state index >= 15 is 0 Å². The Kier molecular flexibility index (Phi) is 27.2. The van der Waals surface area contributed by atoms with E-state index in [-0.39, 0.29) is 95.7 Å². The second kappa shape index (κ2) is 33.6. The maximum absolute atomic E-state index is 15.0. The first-order valence-electron chi connectivity index (χ1n) is 30.8. The van der Waals surface area contributed by atoms with Crippen molar-refractivity contribution in [1.82, 2.24) is 57.7 Å². The summed E-state index contributed by atoms with van der Waals surface area (Å²) in [6, 6.07) is 4.38. The summed E-state index contributed by atoms with van der Waals surface area (Å²) in [7, 11) is 0.